The zero-order chi connectivity index (χ0) is 13.4. The molecule has 1 aromatic carbocycles. The Morgan fingerprint density at radius 2 is 1.89 bits per heavy atom. The molecule has 0 spiro atoms. The third-order valence-electron chi connectivity index (χ3n) is 2.12. The SMILES string of the molecule is CCCC(=O)Oc1ccc(C=C(C#N)C#N)cc1. The zero-order valence-electron chi connectivity index (χ0n) is 10.0. The van der Waals surface area contributed by atoms with Gasteiger partial charge in [-0.2, -0.15) is 10.5 Å². The second-order valence-corrected chi connectivity index (χ2v) is 3.57. The van der Waals surface area contributed by atoms with E-state index in [4.69, 9.17) is 15.3 Å². The maximum atomic E-state index is 11.2. The number of hydrogen-bond donors (Lipinski definition) is 0. The van der Waals surface area contributed by atoms with Gasteiger partial charge in [0.15, 0.2) is 0 Å². The highest BCUT2D eigenvalue weighted by Crippen LogP contribution is 2.15. The van der Waals surface area contributed by atoms with Crippen LogP contribution in [0.3, 0.4) is 0 Å². The van der Waals surface area contributed by atoms with Crippen molar-refractivity contribution in [2.24, 2.45) is 0 Å². The van der Waals surface area contributed by atoms with Gasteiger partial charge in [0.2, 0.25) is 0 Å². The Labute approximate surface area is 106 Å². The fourth-order valence-electron chi connectivity index (χ4n) is 1.27. The topological polar surface area (TPSA) is 73.9 Å². The number of nitriles is 2. The normalized spacial score (nSPS) is 8.83. The summed E-state index contributed by atoms with van der Waals surface area (Å²) in [6.45, 7) is 1.90. The van der Waals surface area contributed by atoms with E-state index in [-0.39, 0.29) is 11.5 Å². The average molecular weight is 240 g/mol. The smallest absolute Gasteiger partial charge is 0.311 e. The molecule has 4 nitrogen and oxygen atoms in total. The Bertz CT molecular complexity index is 514. The molecule has 1 aromatic rings. The quantitative estimate of drug-likeness (QED) is 0.460. The van der Waals surface area contributed by atoms with Gasteiger partial charge in [-0.1, -0.05) is 19.1 Å². The molecule has 0 atom stereocenters. The fourth-order valence-corrected chi connectivity index (χ4v) is 1.27. The number of allylic oxidation sites excluding steroid dienone is 1. The Balaban J connectivity index is 2.76. The molecule has 0 bridgehead atoms. The number of nitrogens with zero attached hydrogens (tertiary/aromatic N) is 2. The second-order valence-electron chi connectivity index (χ2n) is 3.57. The maximum absolute atomic E-state index is 11.2. The van der Waals surface area contributed by atoms with Crippen LogP contribution in [0.2, 0.25) is 0 Å². The summed E-state index contributed by atoms with van der Waals surface area (Å²) in [6, 6.07) is 10.2. The van der Waals surface area contributed by atoms with E-state index in [2.05, 4.69) is 0 Å². The van der Waals surface area contributed by atoms with Crippen LogP contribution in [0, 0.1) is 22.7 Å². The minimum atomic E-state index is -0.268. The third kappa shape index (κ3) is 4.11. The van der Waals surface area contributed by atoms with Gasteiger partial charge in [-0.3, -0.25) is 4.79 Å². The van der Waals surface area contributed by atoms with E-state index in [0.717, 1.165) is 6.42 Å². The Kier molecular flexibility index (Phi) is 5.15. The molecular formula is C14H12N2O2. The van der Waals surface area contributed by atoms with Crippen molar-refractivity contribution in [2.75, 3.05) is 0 Å². The Hall–Kier alpha value is -2.59. The van der Waals surface area contributed by atoms with Gasteiger partial charge in [-0.05, 0) is 30.2 Å². The molecule has 1 rings (SSSR count). The first kappa shape index (κ1) is 13.5. The molecule has 0 saturated carbocycles. The van der Waals surface area contributed by atoms with Gasteiger partial charge in [-0.25, -0.2) is 0 Å². The summed E-state index contributed by atoms with van der Waals surface area (Å²) in [7, 11) is 0. The maximum Gasteiger partial charge on any atom is 0.311 e. The largest absolute Gasteiger partial charge is 0.427 e. The van der Waals surface area contributed by atoms with Crippen molar-refractivity contribution < 1.29 is 9.53 Å². The van der Waals surface area contributed by atoms with E-state index in [1.54, 1.807) is 36.4 Å². The summed E-state index contributed by atoms with van der Waals surface area (Å²) in [6.07, 6.45) is 2.60. The monoisotopic (exact) mass is 240 g/mol. The van der Waals surface area contributed by atoms with Crippen molar-refractivity contribution in [1.29, 1.82) is 10.5 Å². The van der Waals surface area contributed by atoms with E-state index in [1.807, 2.05) is 6.92 Å². The average Bonchev–Trinajstić information content (AvgIpc) is 2.38. The summed E-state index contributed by atoms with van der Waals surface area (Å²) in [4.78, 5) is 11.2. The first-order valence-electron chi connectivity index (χ1n) is 5.52. The van der Waals surface area contributed by atoms with Crippen molar-refractivity contribution in [3.63, 3.8) is 0 Å². The predicted molar refractivity (Wildman–Crippen MR) is 66.2 cm³/mol. The molecule has 0 aliphatic carbocycles. The number of ether oxygens (including phenoxy) is 1. The van der Waals surface area contributed by atoms with Crippen LogP contribution in [0.25, 0.3) is 6.08 Å². The molecule has 0 aliphatic heterocycles. The summed E-state index contributed by atoms with van der Waals surface area (Å²) >= 11 is 0. The fraction of sp³-hybridized carbons (Fsp3) is 0.214. The Morgan fingerprint density at radius 3 is 2.39 bits per heavy atom. The lowest BCUT2D eigenvalue weighted by Crippen LogP contribution is -2.06. The minimum absolute atomic E-state index is 0.0331. The molecule has 0 amide bonds. The highest BCUT2D eigenvalue weighted by molar-refractivity contribution is 5.72. The molecule has 0 fully saturated rings. The molecule has 4 heteroatoms. The summed E-state index contributed by atoms with van der Waals surface area (Å²) < 4.78 is 5.08. The second kappa shape index (κ2) is 6.88. The van der Waals surface area contributed by atoms with E-state index in [0.29, 0.717) is 17.7 Å². The predicted octanol–water partition coefficient (Wildman–Crippen LogP) is 2.82. The highest BCUT2D eigenvalue weighted by Gasteiger charge is 2.02. The zero-order valence-corrected chi connectivity index (χ0v) is 10.0. The lowest BCUT2D eigenvalue weighted by atomic mass is 10.1. The van der Waals surface area contributed by atoms with Crippen LogP contribution in [0.4, 0.5) is 0 Å². The van der Waals surface area contributed by atoms with Crippen LogP contribution >= 0.6 is 0 Å². The van der Waals surface area contributed by atoms with Crippen molar-refractivity contribution in [3.05, 3.63) is 35.4 Å². The summed E-state index contributed by atoms with van der Waals surface area (Å²) in [5, 5.41) is 17.2. The minimum Gasteiger partial charge on any atom is -0.427 e. The van der Waals surface area contributed by atoms with Crippen molar-refractivity contribution in [2.45, 2.75) is 19.8 Å². The number of carbonyl (C=O) groups is 1. The van der Waals surface area contributed by atoms with E-state index in [9.17, 15) is 4.79 Å². The Morgan fingerprint density at radius 1 is 1.28 bits per heavy atom. The lowest BCUT2D eigenvalue weighted by Gasteiger charge is -2.03. The van der Waals surface area contributed by atoms with Gasteiger partial charge in [0.05, 0.1) is 0 Å². The molecule has 0 heterocycles. The molecule has 0 aromatic heterocycles. The molecule has 90 valence electrons. The van der Waals surface area contributed by atoms with Crippen molar-refractivity contribution in [3.8, 4) is 17.9 Å². The van der Waals surface area contributed by atoms with Crippen LogP contribution in [0.5, 0.6) is 5.75 Å². The standard InChI is InChI=1S/C14H12N2O2/c1-2-3-14(17)18-13-6-4-11(5-7-13)8-12(9-15)10-16/h4-8H,2-3H2,1H3. The molecule has 0 radical (unpaired) electrons. The van der Waals surface area contributed by atoms with Crippen molar-refractivity contribution >= 4 is 12.0 Å². The first-order valence-corrected chi connectivity index (χ1v) is 5.52. The number of benzene rings is 1. The molecule has 0 N–H and O–H groups in total. The summed E-state index contributed by atoms with van der Waals surface area (Å²) in [5.41, 5.74) is 0.745. The third-order valence-corrected chi connectivity index (χ3v) is 2.12. The molecule has 0 saturated heterocycles. The first-order chi connectivity index (χ1) is 8.69. The summed E-state index contributed by atoms with van der Waals surface area (Å²) in [5.74, 6) is 0.191. The molecule has 18 heavy (non-hydrogen) atoms. The highest BCUT2D eigenvalue weighted by atomic mass is 16.5. The molecule has 0 aliphatic rings. The van der Waals surface area contributed by atoms with Gasteiger partial charge >= 0.3 is 5.97 Å². The van der Waals surface area contributed by atoms with Crippen LogP contribution in [0.15, 0.2) is 29.8 Å². The van der Waals surface area contributed by atoms with Crippen LogP contribution in [-0.4, -0.2) is 5.97 Å². The van der Waals surface area contributed by atoms with Gasteiger partial charge in [0.1, 0.15) is 23.5 Å². The number of carbonyl (C=O) groups excluding carboxylic acids is 1. The van der Waals surface area contributed by atoms with Gasteiger partial charge in [-0.15, -0.1) is 0 Å². The van der Waals surface area contributed by atoms with Gasteiger partial charge < -0.3 is 4.74 Å². The molecule has 0 unspecified atom stereocenters. The van der Waals surface area contributed by atoms with Gasteiger partial charge in [0, 0.05) is 6.42 Å². The number of rotatable bonds is 4. The lowest BCUT2D eigenvalue weighted by molar-refractivity contribution is -0.134. The van der Waals surface area contributed by atoms with E-state index < -0.39 is 0 Å². The number of hydrogen-bond acceptors (Lipinski definition) is 4. The molecular weight excluding hydrogens is 228 g/mol. The van der Waals surface area contributed by atoms with Crippen LogP contribution < -0.4 is 4.74 Å². The van der Waals surface area contributed by atoms with Crippen LogP contribution in [-0.2, 0) is 4.79 Å². The van der Waals surface area contributed by atoms with E-state index in [1.165, 1.54) is 6.08 Å². The van der Waals surface area contributed by atoms with Crippen molar-refractivity contribution in [1.82, 2.24) is 0 Å². The van der Waals surface area contributed by atoms with E-state index >= 15 is 0 Å². The number of esters is 1. The van der Waals surface area contributed by atoms with Gasteiger partial charge in [0.25, 0.3) is 0 Å². The van der Waals surface area contributed by atoms with Crippen LogP contribution in [0.1, 0.15) is 25.3 Å².